The Morgan fingerprint density at radius 1 is 0.900 bits per heavy atom. The van der Waals surface area contributed by atoms with Crippen molar-refractivity contribution in [3.05, 3.63) is 99.5 Å². The first-order valence-electron chi connectivity index (χ1n) is 10.1. The maximum Gasteiger partial charge on any atom is 0.119 e. The van der Waals surface area contributed by atoms with E-state index >= 15 is 0 Å². The maximum absolute atomic E-state index is 6.55. The second-order valence-electron chi connectivity index (χ2n) is 7.62. The van der Waals surface area contributed by atoms with Crippen molar-refractivity contribution in [3.63, 3.8) is 0 Å². The number of likely N-dealkylation sites (tertiary alicyclic amines) is 1. The Bertz CT molecular complexity index is 986. The third-order valence-electron chi connectivity index (χ3n) is 5.69. The van der Waals surface area contributed by atoms with Gasteiger partial charge < -0.3 is 9.47 Å². The summed E-state index contributed by atoms with van der Waals surface area (Å²) in [5.41, 5.74) is 3.26. The highest BCUT2D eigenvalue weighted by Gasteiger charge is 2.34. The smallest absolute Gasteiger partial charge is 0.119 e. The first-order chi connectivity index (χ1) is 14.5. The van der Waals surface area contributed by atoms with Crippen LogP contribution in [-0.2, 0) is 4.74 Å². The summed E-state index contributed by atoms with van der Waals surface area (Å²) in [5, 5.41) is 1.41. The van der Waals surface area contributed by atoms with Crippen LogP contribution < -0.4 is 4.74 Å². The molecule has 2 atom stereocenters. The largest absolute Gasteiger partial charge is 0.497 e. The number of halogens is 2. The van der Waals surface area contributed by atoms with Gasteiger partial charge in [-0.25, -0.2) is 0 Å². The van der Waals surface area contributed by atoms with Crippen molar-refractivity contribution >= 4 is 23.2 Å². The minimum absolute atomic E-state index is 0.134. The zero-order valence-corrected chi connectivity index (χ0v) is 18.6. The molecule has 0 bridgehead atoms. The van der Waals surface area contributed by atoms with Gasteiger partial charge in [0.15, 0.2) is 0 Å². The SMILES string of the molecule is COc1cccc([C@H](C)N2CC(OC(c3ccc(Cl)cc3)c3ccccc3Cl)C2)c1. The second kappa shape index (κ2) is 9.40. The summed E-state index contributed by atoms with van der Waals surface area (Å²) in [6.45, 7) is 3.95. The van der Waals surface area contributed by atoms with Crippen LogP contribution in [0.3, 0.4) is 0 Å². The number of nitrogens with zero attached hydrogens (tertiary/aromatic N) is 1. The summed E-state index contributed by atoms with van der Waals surface area (Å²) in [7, 11) is 1.70. The zero-order chi connectivity index (χ0) is 21.1. The van der Waals surface area contributed by atoms with E-state index in [1.807, 2.05) is 60.7 Å². The lowest BCUT2D eigenvalue weighted by Crippen LogP contribution is -2.53. The summed E-state index contributed by atoms with van der Waals surface area (Å²) in [5.74, 6) is 0.884. The van der Waals surface area contributed by atoms with E-state index in [2.05, 4.69) is 24.0 Å². The molecule has 1 saturated heterocycles. The van der Waals surface area contributed by atoms with Crippen LogP contribution in [0, 0.1) is 0 Å². The van der Waals surface area contributed by atoms with Crippen molar-refractivity contribution in [2.45, 2.75) is 25.2 Å². The predicted octanol–water partition coefficient (Wildman–Crippen LogP) is 6.55. The van der Waals surface area contributed by atoms with Gasteiger partial charge in [-0.3, -0.25) is 4.90 Å². The van der Waals surface area contributed by atoms with Crippen molar-refractivity contribution < 1.29 is 9.47 Å². The average Bonchev–Trinajstić information content (AvgIpc) is 2.74. The highest BCUT2D eigenvalue weighted by atomic mass is 35.5. The number of benzene rings is 3. The van der Waals surface area contributed by atoms with Crippen LogP contribution >= 0.6 is 23.2 Å². The molecule has 0 aromatic heterocycles. The summed E-state index contributed by atoms with van der Waals surface area (Å²) in [6.07, 6.45) is -0.0924. The molecule has 1 aliphatic rings. The Kier molecular flexibility index (Phi) is 6.64. The topological polar surface area (TPSA) is 21.7 Å². The molecule has 0 aliphatic carbocycles. The van der Waals surface area contributed by atoms with Crippen LogP contribution in [0.25, 0.3) is 0 Å². The number of ether oxygens (including phenoxy) is 2. The Hall–Kier alpha value is -2.04. The normalized spacial score (nSPS) is 16.7. The van der Waals surface area contributed by atoms with E-state index in [-0.39, 0.29) is 12.2 Å². The van der Waals surface area contributed by atoms with Gasteiger partial charge in [-0.2, -0.15) is 0 Å². The van der Waals surface area contributed by atoms with E-state index in [9.17, 15) is 0 Å². The Morgan fingerprint density at radius 3 is 2.33 bits per heavy atom. The first kappa shape index (κ1) is 21.2. The Labute approximate surface area is 188 Å². The third-order valence-corrected chi connectivity index (χ3v) is 6.29. The average molecular weight is 442 g/mol. The van der Waals surface area contributed by atoms with Crippen LogP contribution in [0.1, 0.15) is 35.8 Å². The highest BCUT2D eigenvalue weighted by molar-refractivity contribution is 6.31. The van der Waals surface area contributed by atoms with Gasteiger partial charge in [-0.15, -0.1) is 0 Å². The lowest BCUT2D eigenvalue weighted by Gasteiger charge is -2.44. The fraction of sp³-hybridized carbons (Fsp3) is 0.280. The predicted molar refractivity (Wildman–Crippen MR) is 123 cm³/mol. The fourth-order valence-electron chi connectivity index (χ4n) is 3.83. The first-order valence-corrected chi connectivity index (χ1v) is 10.8. The molecule has 0 N–H and O–H groups in total. The van der Waals surface area contributed by atoms with Gasteiger partial charge in [0.2, 0.25) is 0 Å². The van der Waals surface area contributed by atoms with Gasteiger partial charge in [0.1, 0.15) is 11.9 Å². The molecule has 1 heterocycles. The molecule has 30 heavy (non-hydrogen) atoms. The number of hydrogen-bond donors (Lipinski definition) is 0. The molecule has 4 rings (SSSR count). The van der Waals surface area contributed by atoms with Gasteiger partial charge in [0.05, 0.1) is 13.2 Å². The minimum Gasteiger partial charge on any atom is -0.497 e. The lowest BCUT2D eigenvalue weighted by atomic mass is 9.99. The molecular weight excluding hydrogens is 417 g/mol. The lowest BCUT2D eigenvalue weighted by molar-refractivity contribution is -0.0938. The standard InChI is InChI=1S/C25H25Cl2NO2/c1-17(19-6-5-7-21(14-19)29-2)28-15-22(16-28)30-25(18-10-12-20(26)13-11-18)23-8-3-4-9-24(23)27/h3-14,17,22,25H,15-16H2,1-2H3/t17-,25?/m0/s1. The molecule has 5 heteroatoms. The molecule has 1 unspecified atom stereocenters. The van der Waals surface area contributed by atoms with Gasteiger partial charge in [-0.05, 0) is 48.4 Å². The van der Waals surface area contributed by atoms with Gasteiger partial charge >= 0.3 is 0 Å². The molecule has 1 aliphatic heterocycles. The Morgan fingerprint density at radius 2 is 1.63 bits per heavy atom. The van der Waals surface area contributed by atoms with Gasteiger partial charge in [0, 0.05) is 34.7 Å². The maximum atomic E-state index is 6.55. The van der Waals surface area contributed by atoms with Crippen molar-refractivity contribution in [3.8, 4) is 5.75 Å². The summed E-state index contributed by atoms with van der Waals surface area (Å²) in [6, 6.07) is 24.2. The number of hydrogen-bond acceptors (Lipinski definition) is 3. The molecule has 3 nitrogen and oxygen atoms in total. The summed E-state index contributed by atoms with van der Waals surface area (Å²) in [4.78, 5) is 2.41. The van der Waals surface area contributed by atoms with Crippen molar-refractivity contribution in [1.82, 2.24) is 4.90 Å². The van der Waals surface area contributed by atoms with Gasteiger partial charge in [0.25, 0.3) is 0 Å². The monoisotopic (exact) mass is 441 g/mol. The van der Waals surface area contributed by atoms with E-state index in [1.54, 1.807) is 7.11 Å². The fourth-order valence-corrected chi connectivity index (χ4v) is 4.19. The molecule has 3 aromatic carbocycles. The molecule has 156 valence electrons. The summed E-state index contributed by atoms with van der Waals surface area (Å²) >= 11 is 12.6. The molecule has 0 saturated carbocycles. The van der Waals surface area contributed by atoms with Crippen LogP contribution in [0.4, 0.5) is 0 Å². The Balaban J connectivity index is 1.47. The van der Waals surface area contributed by atoms with E-state index in [1.165, 1.54) is 5.56 Å². The molecule has 0 amide bonds. The van der Waals surface area contributed by atoms with Crippen molar-refractivity contribution in [1.29, 1.82) is 0 Å². The van der Waals surface area contributed by atoms with E-state index < -0.39 is 0 Å². The molecule has 0 radical (unpaired) electrons. The zero-order valence-electron chi connectivity index (χ0n) is 17.1. The number of rotatable bonds is 7. The summed E-state index contributed by atoms with van der Waals surface area (Å²) < 4.78 is 11.9. The van der Waals surface area contributed by atoms with Crippen molar-refractivity contribution in [2.75, 3.05) is 20.2 Å². The minimum atomic E-state index is -0.227. The molecular formula is C25H25Cl2NO2. The van der Waals surface area contributed by atoms with Crippen LogP contribution in [0.15, 0.2) is 72.8 Å². The van der Waals surface area contributed by atoms with E-state index in [0.717, 1.165) is 30.0 Å². The highest BCUT2D eigenvalue weighted by Crippen LogP contribution is 2.36. The third kappa shape index (κ3) is 4.65. The van der Waals surface area contributed by atoms with E-state index in [4.69, 9.17) is 32.7 Å². The quantitative estimate of drug-likeness (QED) is 0.414. The van der Waals surface area contributed by atoms with Crippen LogP contribution in [0.2, 0.25) is 10.0 Å². The van der Waals surface area contributed by atoms with E-state index in [0.29, 0.717) is 16.1 Å². The molecule has 0 spiro atoms. The molecule has 1 fully saturated rings. The van der Waals surface area contributed by atoms with Crippen molar-refractivity contribution in [2.24, 2.45) is 0 Å². The molecule has 3 aromatic rings. The van der Waals surface area contributed by atoms with Gasteiger partial charge in [-0.1, -0.05) is 65.7 Å². The second-order valence-corrected chi connectivity index (χ2v) is 8.46. The van der Waals surface area contributed by atoms with Crippen LogP contribution in [0.5, 0.6) is 5.75 Å². The van der Waals surface area contributed by atoms with Crippen LogP contribution in [-0.4, -0.2) is 31.2 Å². The number of methoxy groups -OCH3 is 1.